The molecule has 2 atom stereocenters. The van der Waals surface area contributed by atoms with Gasteiger partial charge in [-0.25, -0.2) is 0 Å². The van der Waals surface area contributed by atoms with Crippen LogP contribution < -0.4 is 5.32 Å². The average molecular weight is 332 g/mol. The topological polar surface area (TPSA) is 69.6 Å². The van der Waals surface area contributed by atoms with Gasteiger partial charge in [-0.1, -0.05) is 12.1 Å². The summed E-state index contributed by atoms with van der Waals surface area (Å²) < 4.78 is 0. The second-order valence-electron chi connectivity index (χ2n) is 6.92. The molecule has 1 amide bonds. The highest BCUT2D eigenvalue weighted by atomic mass is 16.4. The molecule has 1 aromatic carbocycles. The van der Waals surface area contributed by atoms with Gasteiger partial charge in [0, 0.05) is 18.7 Å². The van der Waals surface area contributed by atoms with Gasteiger partial charge in [-0.3, -0.25) is 14.5 Å². The maximum absolute atomic E-state index is 12.6. The molecule has 1 aliphatic rings. The van der Waals surface area contributed by atoms with Crippen LogP contribution in [0.4, 0.5) is 5.69 Å². The number of carbonyl (C=O) groups is 2. The first-order valence-corrected chi connectivity index (χ1v) is 8.70. The van der Waals surface area contributed by atoms with Crippen LogP contribution in [0.25, 0.3) is 0 Å². The van der Waals surface area contributed by atoms with Crippen molar-refractivity contribution in [1.82, 2.24) is 4.90 Å². The molecule has 0 aromatic heterocycles. The molecule has 2 unspecified atom stereocenters. The molecule has 5 heteroatoms. The van der Waals surface area contributed by atoms with E-state index in [0.29, 0.717) is 12.3 Å². The van der Waals surface area contributed by atoms with Gasteiger partial charge in [0.05, 0.1) is 6.04 Å². The number of anilines is 1. The van der Waals surface area contributed by atoms with Crippen molar-refractivity contribution in [3.8, 4) is 0 Å². The molecule has 0 bridgehead atoms. The molecular weight excluding hydrogens is 304 g/mol. The predicted molar refractivity (Wildman–Crippen MR) is 95.2 cm³/mol. The maximum Gasteiger partial charge on any atom is 0.303 e. The highest BCUT2D eigenvalue weighted by Gasteiger charge is 2.27. The molecule has 2 N–H and O–H groups in total. The molecule has 2 rings (SSSR count). The number of likely N-dealkylation sites (tertiary alicyclic amines) is 1. The number of carboxylic acid groups (broad SMARTS) is 1. The summed E-state index contributed by atoms with van der Waals surface area (Å²) in [7, 11) is 0. The Hall–Kier alpha value is -1.88. The molecule has 132 valence electrons. The molecule has 1 fully saturated rings. The Bertz CT molecular complexity index is 600. The van der Waals surface area contributed by atoms with Gasteiger partial charge in [0.25, 0.3) is 0 Å². The Morgan fingerprint density at radius 2 is 2.12 bits per heavy atom. The fraction of sp³-hybridized carbons (Fsp3) is 0.579. The minimum absolute atomic E-state index is 0.00239. The Kier molecular flexibility index (Phi) is 6.37. The van der Waals surface area contributed by atoms with Crippen molar-refractivity contribution in [1.29, 1.82) is 0 Å². The monoisotopic (exact) mass is 332 g/mol. The van der Waals surface area contributed by atoms with Crippen LogP contribution in [-0.2, 0) is 9.59 Å². The Morgan fingerprint density at radius 3 is 2.83 bits per heavy atom. The Morgan fingerprint density at radius 1 is 1.38 bits per heavy atom. The smallest absolute Gasteiger partial charge is 0.303 e. The van der Waals surface area contributed by atoms with Crippen LogP contribution in [0.15, 0.2) is 18.2 Å². The predicted octanol–water partition coefficient (Wildman–Crippen LogP) is 3.21. The van der Waals surface area contributed by atoms with E-state index in [4.69, 9.17) is 5.11 Å². The Labute approximate surface area is 144 Å². The molecule has 1 saturated heterocycles. The van der Waals surface area contributed by atoms with E-state index in [0.717, 1.165) is 42.7 Å². The lowest BCUT2D eigenvalue weighted by molar-refractivity contribution is -0.137. The number of piperidine rings is 1. The average Bonchev–Trinajstić information content (AvgIpc) is 2.55. The van der Waals surface area contributed by atoms with Gasteiger partial charge in [-0.2, -0.15) is 0 Å². The van der Waals surface area contributed by atoms with Crippen LogP contribution in [0.3, 0.4) is 0 Å². The van der Waals surface area contributed by atoms with Gasteiger partial charge in [-0.15, -0.1) is 0 Å². The van der Waals surface area contributed by atoms with Crippen molar-refractivity contribution in [3.63, 3.8) is 0 Å². The molecule has 0 aliphatic carbocycles. The lowest BCUT2D eigenvalue weighted by atomic mass is 9.92. The summed E-state index contributed by atoms with van der Waals surface area (Å²) in [5.41, 5.74) is 3.04. The first kappa shape index (κ1) is 18.5. The molecule has 0 spiro atoms. The molecule has 24 heavy (non-hydrogen) atoms. The van der Waals surface area contributed by atoms with Gasteiger partial charge in [0.15, 0.2) is 0 Å². The summed E-state index contributed by atoms with van der Waals surface area (Å²) in [6.45, 7) is 7.62. The quantitative estimate of drug-likeness (QED) is 0.839. The van der Waals surface area contributed by atoms with E-state index in [1.54, 1.807) is 0 Å². The third-order valence-corrected chi connectivity index (χ3v) is 4.89. The molecule has 1 heterocycles. The molecule has 0 radical (unpaired) electrons. The number of nitrogens with zero attached hydrogens (tertiary/aromatic N) is 1. The highest BCUT2D eigenvalue weighted by Crippen LogP contribution is 2.23. The molecule has 1 aliphatic heterocycles. The van der Waals surface area contributed by atoms with Crippen LogP contribution in [0.2, 0.25) is 0 Å². The number of hydrogen-bond acceptors (Lipinski definition) is 3. The zero-order valence-electron chi connectivity index (χ0n) is 14.8. The summed E-state index contributed by atoms with van der Waals surface area (Å²) in [5.74, 6) is -0.374. The first-order chi connectivity index (χ1) is 11.4. The fourth-order valence-corrected chi connectivity index (χ4v) is 3.29. The van der Waals surface area contributed by atoms with Crippen LogP contribution in [0, 0.1) is 19.8 Å². The molecule has 0 saturated carbocycles. The van der Waals surface area contributed by atoms with Crippen molar-refractivity contribution >= 4 is 17.6 Å². The van der Waals surface area contributed by atoms with E-state index in [2.05, 4.69) is 10.2 Å². The lowest BCUT2D eigenvalue weighted by Gasteiger charge is -2.36. The standard InChI is InChI=1S/C19H28N2O3/c1-13-6-7-14(2)17(11-13)20-19(24)15(3)21-10-4-5-16(12-21)8-9-18(22)23/h6-7,11,15-16H,4-5,8-10,12H2,1-3H3,(H,20,24)(H,22,23). The number of benzene rings is 1. The van der Waals surface area contributed by atoms with Crippen molar-refractivity contribution in [2.45, 2.75) is 52.5 Å². The number of hydrogen-bond donors (Lipinski definition) is 2. The van der Waals surface area contributed by atoms with E-state index in [1.165, 1.54) is 0 Å². The number of aryl methyl sites for hydroxylation is 2. The minimum atomic E-state index is -0.743. The zero-order valence-corrected chi connectivity index (χ0v) is 14.8. The van der Waals surface area contributed by atoms with Crippen molar-refractivity contribution in [2.24, 2.45) is 5.92 Å². The summed E-state index contributed by atoms with van der Waals surface area (Å²) in [6.07, 6.45) is 2.97. The lowest BCUT2D eigenvalue weighted by Crippen LogP contribution is -2.47. The number of nitrogens with one attached hydrogen (secondary N) is 1. The van der Waals surface area contributed by atoms with Crippen molar-refractivity contribution in [3.05, 3.63) is 29.3 Å². The highest BCUT2D eigenvalue weighted by molar-refractivity contribution is 5.95. The van der Waals surface area contributed by atoms with E-state index >= 15 is 0 Å². The number of rotatable bonds is 6. The second kappa shape index (κ2) is 8.29. The number of carboxylic acids is 1. The number of amides is 1. The van der Waals surface area contributed by atoms with Gasteiger partial charge >= 0.3 is 5.97 Å². The second-order valence-corrected chi connectivity index (χ2v) is 6.92. The molecule has 1 aromatic rings. The number of carbonyl (C=O) groups excluding carboxylic acids is 1. The fourth-order valence-electron chi connectivity index (χ4n) is 3.29. The minimum Gasteiger partial charge on any atom is -0.481 e. The third-order valence-electron chi connectivity index (χ3n) is 4.89. The van der Waals surface area contributed by atoms with Crippen molar-refractivity contribution in [2.75, 3.05) is 18.4 Å². The zero-order chi connectivity index (χ0) is 17.7. The van der Waals surface area contributed by atoms with Crippen LogP contribution >= 0.6 is 0 Å². The van der Waals surface area contributed by atoms with Crippen LogP contribution in [0.5, 0.6) is 0 Å². The summed E-state index contributed by atoms with van der Waals surface area (Å²) >= 11 is 0. The van der Waals surface area contributed by atoms with E-state index in [9.17, 15) is 9.59 Å². The SMILES string of the molecule is Cc1ccc(C)c(NC(=O)C(C)N2CCCC(CCC(=O)O)C2)c1. The summed E-state index contributed by atoms with van der Waals surface area (Å²) in [5, 5.41) is 11.9. The molecular formula is C19H28N2O3. The largest absolute Gasteiger partial charge is 0.481 e. The first-order valence-electron chi connectivity index (χ1n) is 8.70. The van der Waals surface area contributed by atoms with Gasteiger partial charge < -0.3 is 10.4 Å². The van der Waals surface area contributed by atoms with Gasteiger partial charge in [0.1, 0.15) is 0 Å². The summed E-state index contributed by atoms with van der Waals surface area (Å²) in [6, 6.07) is 5.83. The molecule has 5 nitrogen and oxygen atoms in total. The number of aliphatic carboxylic acids is 1. The maximum atomic E-state index is 12.6. The summed E-state index contributed by atoms with van der Waals surface area (Å²) in [4.78, 5) is 25.5. The van der Waals surface area contributed by atoms with Crippen LogP contribution in [0.1, 0.15) is 43.7 Å². The Balaban J connectivity index is 1.94. The van der Waals surface area contributed by atoms with Gasteiger partial charge in [-0.05, 0) is 69.7 Å². The van der Waals surface area contributed by atoms with Gasteiger partial charge in [0.2, 0.25) is 5.91 Å². The van der Waals surface area contributed by atoms with Crippen molar-refractivity contribution < 1.29 is 14.7 Å². The van der Waals surface area contributed by atoms with E-state index in [-0.39, 0.29) is 18.4 Å². The van der Waals surface area contributed by atoms with E-state index in [1.807, 2.05) is 39.0 Å². The third kappa shape index (κ3) is 5.06. The normalized spacial score (nSPS) is 19.7. The van der Waals surface area contributed by atoms with Crippen LogP contribution in [-0.4, -0.2) is 41.0 Å². The van der Waals surface area contributed by atoms with E-state index < -0.39 is 5.97 Å².